The van der Waals surface area contributed by atoms with E-state index in [1.165, 1.54) is 24.5 Å². The normalized spacial score (nSPS) is 19.1. The fourth-order valence-corrected chi connectivity index (χ4v) is 6.10. The van der Waals surface area contributed by atoms with Gasteiger partial charge in [-0.05, 0) is 43.4 Å². The first-order valence-electron chi connectivity index (χ1n) is 11.5. The molecule has 0 aromatic heterocycles. The number of fused-ring (bicyclic) bond motifs is 3. The molecule has 0 radical (unpaired) electrons. The standard InChI is InChI=1S/C18H16ClN3O5S.C6H15N/c1-27-17(24)20-28(25,26)22-11-10-21-16(23)14-4-2-3-5-15(14)18(21,22)12-6-8-13(19)9-7-12;1-4-7(5-2)6-3/h2-9H,10-11H2,1H3,(H,20,24);4-6H2,1-3H3. The number of carbonyl (C=O) groups is 2. The van der Waals surface area contributed by atoms with E-state index in [2.05, 4.69) is 30.4 Å². The van der Waals surface area contributed by atoms with Crippen LogP contribution in [0.1, 0.15) is 42.3 Å². The highest BCUT2D eigenvalue weighted by Gasteiger charge is 2.61. The number of methoxy groups -OCH3 is 1. The highest BCUT2D eigenvalue weighted by atomic mass is 35.5. The number of nitrogens with zero attached hydrogens (tertiary/aromatic N) is 3. The lowest BCUT2D eigenvalue weighted by Crippen LogP contribution is -2.55. The predicted molar refractivity (Wildman–Crippen MR) is 134 cm³/mol. The van der Waals surface area contributed by atoms with E-state index in [9.17, 15) is 18.0 Å². The molecule has 2 aromatic rings. The van der Waals surface area contributed by atoms with E-state index in [-0.39, 0.29) is 19.0 Å². The van der Waals surface area contributed by atoms with Crippen LogP contribution in [0.5, 0.6) is 0 Å². The van der Waals surface area contributed by atoms with E-state index in [4.69, 9.17) is 11.6 Å². The summed E-state index contributed by atoms with van der Waals surface area (Å²) >= 11 is 6.02. The third-order valence-corrected chi connectivity index (χ3v) is 8.04. The summed E-state index contributed by atoms with van der Waals surface area (Å²) in [5.74, 6) is -0.277. The van der Waals surface area contributed by atoms with Crippen molar-refractivity contribution in [3.05, 3.63) is 70.2 Å². The zero-order valence-electron chi connectivity index (χ0n) is 20.3. The van der Waals surface area contributed by atoms with E-state index in [0.717, 1.165) is 11.4 Å². The van der Waals surface area contributed by atoms with E-state index in [0.29, 0.717) is 21.7 Å². The average Bonchev–Trinajstić information content (AvgIpc) is 3.37. The molecular weight excluding hydrogens is 492 g/mol. The zero-order chi connectivity index (χ0) is 25.8. The first kappa shape index (κ1) is 26.9. The summed E-state index contributed by atoms with van der Waals surface area (Å²) in [7, 11) is -3.25. The molecule has 4 rings (SSSR count). The quantitative estimate of drug-likeness (QED) is 0.625. The van der Waals surface area contributed by atoms with Crippen LogP contribution in [0.15, 0.2) is 48.5 Å². The second-order valence-electron chi connectivity index (χ2n) is 7.97. The number of rotatable bonds is 6. The average molecular weight is 523 g/mol. The number of ether oxygens (including phenoxy) is 1. The van der Waals surface area contributed by atoms with Gasteiger partial charge in [-0.15, -0.1) is 4.31 Å². The van der Waals surface area contributed by atoms with Crippen LogP contribution in [0, 0.1) is 0 Å². The van der Waals surface area contributed by atoms with Gasteiger partial charge in [0, 0.05) is 29.2 Å². The maximum absolute atomic E-state index is 13.1. The van der Waals surface area contributed by atoms with E-state index < -0.39 is 22.0 Å². The minimum Gasteiger partial charge on any atom is -0.452 e. The Bertz CT molecular complexity index is 1170. The molecular formula is C24H31ClN4O5S. The van der Waals surface area contributed by atoms with Crippen molar-refractivity contribution in [1.82, 2.24) is 18.8 Å². The Morgan fingerprint density at radius 2 is 1.66 bits per heavy atom. The first-order chi connectivity index (χ1) is 16.7. The third-order valence-electron chi connectivity index (χ3n) is 6.33. The summed E-state index contributed by atoms with van der Waals surface area (Å²) in [6.45, 7) is 10.3. The molecule has 2 aliphatic heterocycles. The molecule has 190 valence electrons. The fourth-order valence-electron chi connectivity index (χ4n) is 4.60. The van der Waals surface area contributed by atoms with Crippen LogP contribution in [0.2, 0.25) is 5.02 Å². The summed E-state index contributed by atoms with van der Waals surface area (Å²) in [6, 6.07) is 13.5. The van der Waals surface area contributed by atoms with Crippen molar-refractivity contribution in [3.8, 4) is 0 Å². The van der Waals surface area contributed by atoms with Gasteiger partial charge in [-0.2, -0.15) is 8.42 Å². The van der Waals surface area contributed by atoms with E-state index >= 15 is 0 Å². The molecule has 2 amide bonds. The molecule has 9 nitrogen and oxygen atoms in total. The molecule has 35 heavy (non-hydrogen) atoms. The van der Waals surface area contributed by atoms with Crippen LogP contribution in [-0.4, -0.2) is 74.4 Å². The van der Waals surface area contributed by atoms with Gasteiger partial charge >= 0.3 is 16.3 Å². The predicted octanol–water partition coefficient (Wildman–Crippen LogP) is 3.26. The Morgan fingerprint density at radius 1 is 1.06 bits per heavy atom. The molecule has 2 heterocycles. The summed E-state index contributed by atoms with van der Waals surface area (Å²) in [5.41, 5.74) is 0.0615. The van der Waals surface area contributed by atoms with E-state index in [1.807, 2.05) is 4.72 Å². The van der Waals surface area contributed by atoms with Crippen LogP contribution in [-0.2, 0) is 20.6 Å². The Hall–Kier alpha value is -2.66. The van der Waals surface area contributed by atoms with Crippen LogP contribution in [0.3, 0.4) is 0 Å². The zero-order valence-corrected chi connectivity index (χ0v) is 21.9. The lowest BCUT2D eigenvalue weighted by Gasteiger charge is -2.39. The van der Waals surface area contributed by atoms with Crippen molar-refractivity contribution in [2.75, 3.05) is 39.8 Å². The van der Waals surface area contributed by atoms with Gasteiger partial charge in [0.25, 0.3) is 5.91 Å². The SMILES string of the molecule is CCN(CC)CC.COC(=O)NS(=O)(=O)N1CCN2C(=O)c3ccccc3C21c1ccc(Cl)cc1. The Kier molecular flexibility index (Phi) is 8.42. The van der Waals surface area contributed by atoms with Crippen molar-refractivity contribution in [1.29, 1.82) is 0 Å². The van der Waals surface area contributed by atoms with Crippen molar-refractivity contribution < 1.29 is 22.7 Å². The maximum Gasteiger partial charge on any atom is 0.421 e. The van der Waals surface area contributed by atoms with Gasteiger partial charge in [-0.25, -0.2) is 9.52 Å². The Labute approximate surface area is 211 Å². The molecule has 1 atom stereocenters. The highest BCUT2D eigenvalue weighted by molar-refractivity contribution is 7.87. The van der Waals surface area contributed by atoms with Gasteiger partial charge in [0.1, 0.15) is 0 Å². The molecule has 1 unspecified atom stereocenters. The van der Waals surface area contributed by atoms with Gasteiger partial charge in [0.15, 0.2) is 5.66 Å². The summed E-state index contributed by atoms with van der Waals surface area (Å²) in [5, 5.41) is 0.476. The van der Waals surface area contributed by atoms with Gasteiger partial charge < -0.3 is 14.5 Å². The molecule has 1 saturated heterocycles. The number of benzene rings is 2. The molecule has 1 fully saturated rings. The lowest BCUT2D eigenvalue weighted by atomic mass is 9.91. The smallest absolute Gasteiger partial charge is 0.421 e. The highest BCUT2D eigenvalue weighted by Crippen LogP contribution is 2.50. The number of hydrogen-bond acceptors (Lipinski definition) is 6. The summed E-state index contributed by atoms with van der Waals surface area (Å²) in [6.07, 6.45) is -1.11. The van der Waals surface area contributed by atoms with Crippen molar-refractivity contribution in [3.63, 3.8) is 0 Å². The van der Waals surface area contributed by atoms with Crippen LogP contribution in [0.25, 0.3) is 0 Å². The number of halogens is 1. The summed E-state index contributed by atoms with van der Waals surface area (Å²) < 4.78 is 33.6. The molecule has 0 saturated carbocycles. The molecule has 2 aromatic carbocycles. The maximum atomic E-state index is 13.1. The Morgan fingerprint density at radius 3 is 2.20 bits per heavy atom. The Balaban J connectivity index is 0.000000429. The number of nitrogens with one attached hydrogen (secondary N) is 1. The minimum absolute atomic E-state index is 0.00896. The molecule has 2 aliphatic rings. The topological polar surface area (TPSA) is 99.3 Å². The largest absolute Gasteiger partial charge is 0.452 e. The van der Waals surface area contributed by atoms with Gasteiger partial charge in [-0.3, -0.25) is 4.79 Å². The third kappa shape index (κ3) is 4.88. The van der Waals surface area contributed by atoms with Crippen LogP contribution in [0.4, 0.5) is 4.79 Å². The molecule has 11 heteroatoms. The molecule has 0 spiro atoms. The number of amides is 2. The molecule has 1 N–H and O–H groups in total. The summed E-state index contributed by atoms with van der Waals surface area (Å²) in [4.78, 5) is 28.5. The van der Waals surface area contributed by atoms with Gasteiger partial charge in [0.05, 0.1) is 7.11 Å². The van der Waals surface area contributed by atoms with E-state index in [1.54, 1.807) is 48.5 Å². The molecule has 0 bridgehead atoms. The van der Waals surface area contributed by atoms with Crippen molar-refractivity contribution >= 4 is 33.8 Å². The fraction of sp³-hybridized carbons (Fsp3) is 0.417. The van der Waals surface area contributed by atoms with Crippen molar-refractivity contribution in [2.24, 2.45) is 0 Å². The van der Waals surface area contributed by atoms with Gasteiger partial charge in [0.2, 0.25) is 0 Å². The second-order valence-corrected chi connectivity index (χ2v) is 10.0. The monoisotopic (exact) mass is 522 g/mol. The first-order valence-corrected chi connectivity index (χ1v) is 13.3. The number of hydrogen-bond donors (Lipinski definition) is 1. The van der Waals surface area contributed by atoms with Crippen LogP contribution >= 0.6 is 11.6 Å². The van der Waals surface area contributed by atoms with Crippen LogP contribution < -0.4 is 4.72 Å². The minimum atomic E-state index is -4.33. The number of carbonyl (C=O) groups excluding carboxylic acids is 2. The molecule has 0 aliphatic carbocycles. The second kappa shape index (κ2) is 10.9. The van der Waals surface area contributed by atoms with Crippen molar-refractivity contribution in [2.45, 2.75) is 26.4 Å². The lowest BCUT2D eigenvalue weighted by molar-refractivity contribution is 0.0617. The van der Waals surface area contributed by atoms with Gasteiger partial charge in [-0.1, -0.05) is 62.7 Å².